The molecule has 0 saturated heterocycles. The molecule has 0 amide bonds. The van der Waals surface area contributed by atoms with Crippen LogP contribution in [-0.2, 0) is 18.5 Å². The summed E-state index contributed by atoms with van der Waals surface area (Å²) < 4.78 is 1.61. The number of rotatable bonds is 4. The summed E-state index contributed by atoms with van der Waals surface area (Å²) >= 11 is 0. The molecule has 3 rings (SSSR count). The van der Waals surface area contributed by atoms with Crippen molar-refractivity contribution in [1.82, 2.24) is 9.38 Å². The maximum atomic E-state index is 12.3. The lowest BCUT2D eigenvalue weighted by molar-refractivity contribution is -0.908. The van der Waals surface area contributed by atoms with E-state index in [0.717, 1.165) is 24.3 Å². The van der Waals surface area contributed by atoms with E-state index in [4.69, 9.17) is 0 Å². The van der Waals surface area contributed by atoms with E-state index in [2.05, 4.69) is 57.1 Å². The third-order valence-electron chi connectivity index (χ3n) is 4.67. The van der Waals surface area contributed by atoms with Gasteiger partial charge in [0.25, 0.3) is 5.56 Å². The van der Waals surface area contributed by atoms with Crippen molar-refractivity contribution in [2.24, 2.45) is 0 Å². The van der Waals surface area contributed by atoms with Crippen molar-refractivity contribution in [1.29, 1.82) is 0 Å². The zero-order chi connectivity index (χ0) is 18.9. The molecule has 4 heteroatoms. The molecule has 2 aromatic heterocycles. The number of fused-ring (bicyclic) bond motifs is 1. The van der Waals surface area contributed by atoms with Crippen LogP contribution in [0.15, 0.2) is 53.5 Å². The first-order chi connectivity index (χ1) is 12.2. The highest BCUT2D eigenvalue weighted by Crippen LogP contribution is 2.21. The van der Waals surface area contributed by atoms with Crippen molar-refractivity contribution >= 4 is 5.65 Å². The van der Waals surface area contributed by atoms with E-state index in [0.29, 0.717) is 5.65 Å². The van der Waals surface area contributed by atoms with E-state index in [9.17, 15) is 4.79 Å². The van der Waals surface area contributed by atoms with Crippen LogP contribution in [0.5, 0.6) is 0 Å². The molecule has 3 aromatic rings. The lowest BCUT2D eigenvalue weighted by atomic mass is 9.87. The first kappa shape index (κ1) is 18.3. The van der Waals surface area contributed by atoms with Gasteiger partial charge < -0.3 is 4.90 Å². The van der Waals surface area contributed by atoms with Gasteiger partial charge in [0.2, 0.25) is 0 Å². The first-order valence-electron chi connectivity index (χ1n) is 9.12. The quantitative estimate of drug-likeness (QED) is 0.785. The number of nitrogens with zero attached hydrogens (tertiary/aromatic N) is 2. The first-order valence-corrected chi connectivity index (χ1v) is 9.12. The second-order valence-electron chi connectivity index (χ2n) is 8.28. The summed E-state index contributed by atoms with van der Waals surface area (Å²) in [6.45, 7) is 10.3. The number of nitrogens with one attached hydrogen (secondary N) is 1. The van der Waals surface area contributed by atoms with Crippen molar-refractivity contribution in [2.75, 3.05) is 7.05 Å². The monoisotopic (exact) mass is 350 g/mol. The molecule has 0 radical (unpaired) electrons. The van der Waals surface area contributed by atoms with E-state index in [1.54, 1.807) is 10.5 Å². The summed E-state index contributed by atoms with van der Waals surface area (Å²) in [4.78, 5) is 18.3. The minimum Gasteiger partial charge on any atom is -0.329 e. The Hall–Kier alpha value is -2.46. The number of aryl methyl sites for hydroxylation is 1. The van der Waals surface area contributed by atoms with Crippen molar-refractivity contribution in [3.8, 4) is 0 Å². The smallest absolute Gasteiger partial charge is 0.258 e. The normalized spacial score (nSPS) is 13.1. The van der Waals surface area contributed by atoms with Crippen LogP contribution in [0.4, 0.5) is 0 Å². The molecule has 0 aliphatic rings. The lowest BCUT2D eigenvalue weighted by Crippen LogP contribution is -3.06. The minimum atomic E-state index is -0.0176. The largest absolute Gasteiger partial charge is 0.329 e. The predicted molar refractivity (Wildman–Crippen MR) is 106 cm³/mol. The lowest BCUT2D eigenvalue weighted by Gasteiger charge is -2.20. The Labute approximate surface area is 155 Å². The number of hydrogen-bond acceptors (Lipinski definition) is 2. The zero-order valence-corrected chi connectivity index (χ0v) is 16.3. The fourth-order valence-corrected chi connectivity index (χ4v) is 3.19. The van der Waals surface area contributed by atoms with Crippen LogP contribution in [0.25, 0.3) is 5.65 Å². The van der Waals surface area contributed by atoms with Crippen LogP contribution in [0.3, 0.4) is 0 Å². The average molecular weight is 350 g/mol. The molecule has 0 aliphatic carbocycles. The number of aromatic nitrogens is 2. The highest BCUT2D eigenvalue weighted by Gasteiger charge is 2.14. The van der Waals surface area contributed by atoms with E-state index in [1.807, 2.05) is 25.3 Å². The van der Waals surface area contributed by atoms with Gasteiger partial charge in [0.05, 0.1) is 7.05 Å². The molecular weight excluding hydrogens is 322 g/mol. The van der Waals surface area contributed by atoms with Gasteiger partial charge in [-0.15, -0.1) is 0 Å². The number of hydrogen-bond donors (Lipinski definition) is 1. The Morgan fingerprint density at radius 3 is 2.38 bits per heavy atom. The summed E-state index contributed by atoms with van der Waals surface area (Å²) in [6, 6.07) is 14.4. The van der Waals surface area contributed by atoms with Gasteiger partial charge in [0.1, 0.15) is 24.4 Å². The van der Waals surface area contributed by atoms with E-state index < -0.39 is 0 Å². The van der Waals surface area contributed by atoms with Gasteiger partial charge in [-0.25, -0.2) is 4.98 Å². The van der Waals surface area contributed by atoms with Crippen molar-refractivity contribution in [3.63, 3.8) is 0 Å². The molecule has 2 heterocycles. The average Bonchev–Trinajstić information content (AvgIpc) is 2.55. The van der Waals surface area contributed by atoms with Gasteiger partial charge in [0, 0.05) is 17.8 Å². The zero-order valence-electron chi connectivity index (χ0n) is 16.3. The highest BCUT2D eigenvalue weighted by molar-refractivity contribution is 5.39. The summed E-state index contributed by atoms with van der Waals surface area (Å²) in [5.74, 6) is 0. The van der Waals surface area contributed by atoms with Crippen LogP contribution >= 0.6 is 0 Å². The van der Waals surface area contributed by atoms with Crippen LogP contribution in [0.1, 0.15) is 43.2 Å². The predicted octanol–water partition coefficient (Wildman–Crippen LogP) is 2.52. The van der Waals surface area contributed by atoms with Crippen molar-refractivity contribution in [2.45, 2.75) is 46.2 Å². The Balaban J connectivity index is 1.74. The molecule has 1 unspecified atom stereocenters. The number of benzene rings is 1. The second-order valence-corrected chi connectivity index (χ2v) is 8.28. The molecule has 0 saturated carbocycles. The molecule has 4 nitrogen and oxygen atoms in total. The van der Waals surface area contributed by atoms with Gasteiger partial charge in [0.15, 0.2) is 0 Å². The standard InChI is InChI=1S/C22H27N3O/c1-16-6-11-20-23-19(12-21(26)25(20)13-16)15-24(5)14-17-7-9-18(10-8-17)22(2,3)4/h6-13H,14-15H2,1-5H3/p+1. The molecule has 1 atom stereocenters. The molecule has 1 N–H and O–H groups in total. The van der Waals surface area contributed by atoms with Crippen molar-refractivity contribution in [3.05, 3.63) is 81.4 Å². The molecule has 0 bridgehead atoms. The van der Waals surface area contributed by atoms with Crippen LogP contribution in [0.2, 0.25) is 0 Å². The second kappa shape index (κ2) is 7.04. The molecule has 0 fully saturated rings. The van der Waals surface area contributed by atoms with Crippen LogP contribution in [-0.4, -0.2) is 16.4 Å². The Morgan fingerprint density at radius 1 is 1.04 bits per heavy atom. The van der Waals surface area contributed by atoms with Crippen molar-refractivity contribution < 1.29 is 4.90 Å². The van der Waals surface area contributed by atoms with Gasteiger partial charge in [-0.05, 0) is 29.5 Å². The summed E-state index contributed by atoms with van der Waals surface area (Å²) in [6.07, 6.45) is 1.84. The Bertz CT molecular complexity index is 965. The topological polar surface area (TPSA) is 38.8 Å². The van der Waals surface area contributed by atoms with Crippen LogP contribution in [0, 0.1) is 6.92 Å². The molecule has 26 heavy (non-hydrogen) atoms. The molecule has 0 aliphatic heterocycles. The van der Waals surface area contributed by atoms with Gasteiger partial charge in [-0.3, -0.25) is 9.20 Å². The number of quaternary nitrogens is 1. The Morgan fingerprint density at radius 2 is 1.73 bits per heavy atom. The van der Waals surface area contributed by atoms with E-state index in [1.165, 1.54) is 16.0 Å². The fourth-order valence-electron chi connectivity index (χ4n) is 3.19. The fraction of sp³-hybridized carbons (Fsp3) is 0.364. The Kier molecular flexibility index (Phi) is 4.97. The minimum absolute atomic E-state index is 0.0176. The molecule has 0 spiro atoms. The highest BCUT2D eigenvalue weighted by atomic mass is 16.1. The van der Waals surface area contributed by atoms with Gasteiger partial charge in [-0.1, -0.05) is 51.1 Å². The van der Waals surface area contributed by atoms with Gasteiger partial charge in [-0.2, -0.15) is 0 Å². The van der Waals surface area contributed by atoms with E-state index >= 15 is 0 Å². The maximum absolute atomic E-state index is 12.3. The molecule has 1 aromatic carbocycles. The van der Waals surface area contributed by atoms with Crippen LogP contribution < -0.4 is 10.5 Å². The third kappa shape index (κ3) is 4.20. The van der Waals surface area contributed by atoms with E-state index in [-0.39, 0.29) is 11.0 Å². The summed E-state index contributed by atoms with van der Waals surface area (Å²) in [5.41, 5.74) is 5.39. The maximum Gasteiger partial charge on any atom is 0.258 e. The van der Waals surface area contributed by atoms with Gasteiger partial charge >= 0.3 is 0 Å². The SMILES string of the molecule is Cc1ccc2nc(C[NH+](C)Cc3ccc(C(C)(C)C)cc3)cc(=O)n2c1. The number of pyridine rings is 1. The third-order valence-corrected chi connectivity index (χ3v) is 4.67. The summed E-state index contributed by atoms with van der Waals surface area (Å²) in [7, 11) is 2.14. The summed E-state index contributed by atoms with van der Waals surface area (Å²) in [5, 5.41) is 0. The molecule has 136 valence electrons. The molecular formula is C22H28N3O+.